The molecule has 1 aromatic heterocycles. The van der Waals surface area contributed by atoms with Gasteiger partial charge < -0.3 is 30.5 Å². The number of nitrogens with zero attached hydrogens (tertiary/aromatic N) is 3. The Kier molecular flexibility index (Phi) is 7.60. The van der Waals surface area contributed by atoms with E-state index in [0.29, 0.717) is 43.1 Å². The van der Waals surface area contributed by atoms with Gasteiger partial charge in [-0.05, 0) is 31.9 Å². The molecular formula is C23H28BN5O6S. The number of Topliss-reactive ketones (excluding diaryl/α,β-unsaturated/α-hetero) is 2. The van der Waals surface area contributed by atoms with Crippen LogP contribution in [0.1, 0.15) is 47.9 Å². The minimum atomic E-state index is -1.31. The summed E-state index contributed by atoms with van der Waals surface area (Å²) in [5.74, 6) is -1.00. The highest BCUT2D eigenvalue weighted by atomic mass is 32.1. The first-order chi connectivity index (χ1) is 17.2. The molecule has 1 fully saturated rings. The number of ketones is 2. The van der Waals surface area contributed by atoms with Crippen LogP contribution in [0.5, 0.6) is 5.75 Å². The maximum absolute atomic E-state index is 13.4. The number of piperazine rings is 1. The van der Waals surface area contributed by atoms with Crippen molar-refractivity contribution in [3.8, 4) is 5.75 Å². The molecule has 0 aliphatic carbocycles. The van der Waals surface area contributed by atoms with Gasteiger partial charge >= 0.3 is 13.1 Å². The number of anilines is 1. The number of fused-ring (bicyclic) bond motifs is 1. The van der Waals surface area contributed by atoms with E-state index in [0.717, 1.165) is 16.9 Å². The van der Waals surface area contributed by atoms with E-state index in [4.69, 9.17) is 10.4 Å². The maximum Gasteiger partial charge on any atom is 0.526 e. The molecule has 2 aliphatic rings. The Hall–Kier alpha value is -3.45. The number of nitrogen functional groups attached to an aromatic ring is 1. The molecular weight excluding hydrogens is 485 g/mol. The summed E-state index contributed by atoms with van der Waals surface area (Å²) in [5, 5.41) is 15.2. The van der Waals surface area contributed by atoms with E-state index < -0.39 is 25.0 Å². The average molecular weight is 513 g/mol. The lowest BCUT2D eigenvalue weighted by Gasteiger charge is -2.34. The van der Waals surface area contributed by atoms with Crippen LogP contribution in [-0.2, 0) is 16.0 Å². The van der Waals surface area contributed by atoms with Gasteiger partial charge in [0.25, 0.3) is 0 Å². The summed E-state index contributed by atoms with van der Waals surface area (Å²) in [6, 6.07) is 3.49. The fourth-order valence-corrected chi connectivity index (χ4v) is 5.08. The van der Waals surface area contributed by atoms with Crippen molar-refractivity contribution in [3.63, 3.8) is 0 Å². The molecule has 0 saturated carbocycles. The normalized spacial score (nSPS) is 18.4. The van der Waals surface area contributed by atoms with Gasteiger partial charge in [0.05, 0.1) is 11.3 Å². The smallest absolute Gasteiger partial charge is 0.526 e. The number of nitrogens with two attached hydrogens (primary N) is 1. The van der Waals surface area contributed by atoms with Gasteiger partial charge in [-0.15, -0.1) is 11.3 Å². The minimum Gasteiger partial charge on any atom is -0.535 e. The Balaban J connectivity index is 1.50. The van der Waals surface area contributed by atoms with E-state index in [9.17, 15) is 24.2 Å². The van der Waals surface area contributed by atoms with Gasteiger partial charge in [-0.3, -0.25) is 14.4 Å². The minimum absolute atomic E-state index is 0.0791. The number of hydrogen-bond acceptors (Lipinski definition) is 9. The second kappa shape index (κ2) is 10.7. The van der Waals surface area contributed by atoms with Gasteiger partial charge in [0, 0.05) is 37.3 Å². The van der Waals surface area contributed by atoms with Crippen molar-refractivity contribution in [1.29, 1.82) is 0 Å². The first-order valence-corrected chi connectivity index (χ1v) is 12.6. The molecule has 190 valence electrons. The highest BCUT2D eigenvalue weighted by Crippen LogP contribution is 2.37. The van der Waals surface area contributed by atoms with Crippen molar-refractivity contribution in [2.75, 3.05) is 31.9 Å². The van der Waals surface area contributed by atoms with E-state index in [1.165, 1.54) is 11.8 Å². The standard InChI is InChI=1S/C23H28BN5O6S/c1-3-28-7-8-29(11-19(28)32)23(33)27-20(17-12-36-22(25)26-17)18(31)10-15-9-14-5-4-6-16(13(2)30)21(14)35-24(15)34/h4-6,12,15,20,34H,3,7-11H2,1-2H3,(H2,25,26)(H,27,33)/t15-,20?/m1/s1. The van der Waals surface area contributed by atoms with Crippen LogP contribution in [-0.4, -0.2) is 76.6 Å². The Bertz CT molecular complexity index is 1190. The number of hydrogen-bond donors (Lipinski definition) is 3. The van der Waals surface area contributed by atoms with Crippen LogP contribution in [0, 0.1) is 0 Å². The number of thiazole rings is 1. The summed E-state index contributed by atoms with van der Waals surface area (Å²) in [5.41, 5.74) is 7.16. The van der Waals surface area contributed by atoms with Crippen LogP contribution in [0.3, 0.4) is 0 Å². The van der Waals surface area contributed by atoms with Gasteiger partial charge in [0.15, 0.2) is 16.7 Å². The van der Waals surface area contributed by atoms with Gasteiger partial charge in [-0.1, -0.05) is 12.1 Å². The molecule has 4 rings (SSSR count). The SMILES string of the molecule is CCN1CCN(C(=O)NC(C(=O)C[C@H]2Cc3cccc(C(C)=O)c3OB2O)c2csc(N)n2)CC1=O. The highest BCUT2D eigenvalue weighted by molar-refractivity contribution is 7.13. The predicted molar refractivity (Wildman–Crippen MR) is 134 cm³/mol. The monoisotopic (exact) mass is 513 g/mol. The largest absolute Gasteiger partial charge is 0.535 e. The zero-order valence-electron chi connectivity index (χ0n) is 20.1. The number of aromatic nitrogens is 1. The molecule has 1 unspecified atom stereocenters. The van der Waals surface area contributed by atoms with Crippen LogP contribution in [0.4, 0.5) is 9.93 Å². The second-order valence-electron chi connectivity index (χ2n) is 8.88. The van der Waals surface area contributed by atoms with Crippen molar-refractivity contribution in [2.45, 2.75) is 38.5 Å². The number of carbonyl (C=O) groups excluding carboxylic acids is 4. The number of urea groups is 1. The summed E-state index contributed by atoms with van der Waals surface area (Å²) in [4.78, 5) is 57.8. The molecule has 2 atom stereocenters. The maximum atomic E-state index is 13.4. The molecule has 2 aliphatic heterocycles. The van der Waals surface area contributed by atoms with E-state index in [1.54, 1.807) is 28.5 Å². The van der Waals surface area contributed by atoms with Gasteiger partial charge in [-0.2, -0.15) is 0 Å². The third-order valence-electron chi connectivity index (χ3n) is 6.48. The van der Waals surface area contributed by atoms with Crippen LogP contribution in [0.2, 0.25) is 5.82 Å². The Labute approximate surface area is 212 Å². The molecule has 0 bridgehead atoms. The van der Waals surface area contributed by atoms with Gasteiger partial charge in [-0.25, -0.2) is 9.78 Å². The van der Waals surface area contributed by atoms with Crippen molar-refractivity contribution >= 4 is 47.1 Å². The molecule has 1 saturated heterocycles. The predicted octanol–water partition coefficient (Wildman–Crippen LogP) is 1.29. The molecule has 4 N–H and O–H groups in total. The van der Waals surface area contributed by atoms with E-state index in [2.05, 4.69) is 10.3 Å². The molecule has 13 heteroatoms. The number of amides is 3. The van der Waals surface area contributed by atoms with Crippen molar-refractivity contribution in [2.24, 2.45) is 0 Å². The molecule has 3 heterocycles. The summed E-state index contributed by atoms with van der Waals surface area (Å²) in [6.45, 7) is 4.54. The highest BCUT2D eigenvalue weighted by Gasteiger charge is 2.40. The fraction of sp³-hybridized carbons (Fsp3) is 0.435. The molecule has 1 aromatic carbocycles. The van der Waals surface area contributed by atoms with Crippen molar-refractivity contribution < 1.29 is 28.9 Å². The quantitative estimate of drug-likeness (QED) is 0.370. The Morgan fingerprint density at radius 2 is 2.14 bits per heavy atom. The first kappa shape index (κ1) is 25.6. The lowest BCUT2D eigenvalue weighted by Crippen LogP contribution is -2.55. The van der Waals surface area contributed by atoms with E-state index >= 15 is 0 Å². The number of benzene rings is 1. The molecule has 36 heavy (non-hydrogen) atoms. The molecule has 2 aromatic rings. The van der Waals surface area contributed by atoms with Crippen molar-refractivity contribution in [1.82, 2.24) is 20.1 Å². The summed E-state index contributed by atoms with van der Waals surface area (Å²) < 4.78 is 5.65. The number of nitrogens with one attached hydrogen (secondary N) is 1. The topological polar surface area (TPSA) is 155 Å². The zero-order chi connectivity index (χ0) is 26.0. The zero-order valence-corrected chi connectivity index (χ0v) is 20.9. The number of carbonyl (C=O) groups is 4. The lowest BCUT2D eigenvalue weighted by molar-refractivity contribution is -0.134. The third-order valence-corrected chi connectivity index (χ3v) is 7.17. The fourth-order valence-electron chi connectivity index (χ4n) is 4.50. The van der Waals surface area contributed by atoms with Crippen LogP contribution < -0.4 is 15.7 Å². The average Bonchev–Trinajstić information content (AvgIpc) is 3.27. The van der Waals surface area contributed by atoms with Gasteiger partial charge in [0.2, 0.25) is 5.91 Å². The summed E-state index contributed by atoms with van der Waals surface area (Å²) in [6.07, 6.45) is 0.201. The summed E-state index contributed by atoms with van der Waals surface area (Å²) >= 11 is 1.14. The second-order valence-corrected chi connectivity index (χ2v) is 9.77. The number of rotatable bonds is 7. The van der Waals surface area contributed by atoms with E-state index in [-0.39, 0.29) is 35.6 Å². The number of likely N-dealkylation sites (N-methyl/N-ethyl adjacent to an activating group) is 1. The molecule has 11 nitrogen and oxygen atoms in total. The molecule has 3 amide bonds. The third kappa shape index (κ3) is 5.36. The number of para-hydroxylation sites is 1. The van der Waals surface area contributed by atoms with E-state index in [1.807, 2.05) is 6.92 Å². The Morgan fingerprint density at radius 1 is 1.36 bits per heavy atom. The van der Waals surface area contributed by atoms with Crippen LogP contribution in [0.15, 0.2) is 23.6 Å². The molecule has 0 radical (unpaired) electrons. The van der Waals surface area contributed by atoms with Gasteiger partial charge in [0.1, 0.15) is 18.3 Å². The summed E-state index contributed by atoms with van der Waals surface area (Å²) in [7, 11) is -1.31. The van der Waals surface area contributed by atoms with Crippen LogP contribution >= 0.6 is 11.3 Å². The Morgan fingerprint density at radius 3 is 2.78 bits per heavy atom. The van der Waals surface area contributed by atoms with Crippen molar-refractivity contribution in [3.05, 3.63) is 40.4 Å². The lowest BCUT2D eigenvalue weighted by atomic mass is 9.64. The van der Waals surface area contributed by atoms with Crippen LogP contribution in [0.25, 0.3) is 0 Å². The molecule has 0 spiro atoms. The first-order valence-electron chi connectivity index (χ1n) is 11.7.